The lowest BCUT2D eigenvalue weighted by Crippen LogP contribution is -2.13. The van der Waals surface area contributed by atoms with Crippen molar-refractivity contribution in [3.63, 3.8) is 0 Å². The number of ether oxygens (including phenoxy) is 1. The lowest BCUT2D eigenvalue weighted by molar-refractivity contribution is 0.438. The average molecular weight is 306 g/mol. The van der Waals surface area contributed by atoms with Gasteiger partial charge in [0.15, 0.2) is 0 Å². The summed E-state index contributed by atoms with van der Waals surface area (Å²) in [6, 6.07) is 4.13. The predicted molar refractivity (Wildman–Crippen MR) is 85.1 cm³/mol. The van der Waals surface area contributed by atoms with E-state index in [1.54, 1.807) is 6.20 Å². The molecule has 0 fully saturated rings. The standard InChI is InChI=1S/C16H20ClN3O/c1-5-18-8-13-9-19-16(20-12(13)4)21-14-6-10(2)15(17)11(3)7-14/h6-7,9,18H,5,8H2,1-4H3. The molecule has 5 heteroatoms. The molecule has 0 unspecified atom stereocenters. The molecule has 0 aliphatic carbocycles. The third kappa shape index (κ3) is 3.93. The first-order chi connectivity index (χ1) is 10.0. The second-order valence-electron chi connectivity index (χ2n) is 5.02. The number of aryl methyl sites for hydroxylation is 3. The average Bonchev–Trinajstić information content (AvgIpc) is 2.44. The maximum atomic E-state index is 6.15. The van der Waals surface area contributed by atoms with Crippen molar-refractivity contribution in [1.29, 1.82) is 0 Å². The number of rotatable bonds is 5. The molecule has 1 N–H and O–H groups in total. The fourth-order valence-corrected chi connectivity index (χ4v) is 2.13. The number of halogens is 1. The van der Waals surface area contributed by atoms with Gasteiger partial charge in [-0.05, 0) is 50.6 Å². The molecule has 4 nitrogen and oxygen atoms in total. The van der Waals surface area contributed by atoms with Crippen LogP contribution in [0.2, 0.25) is 5.02 Å². The van der Waals surface area contributed by atoms with Crippen molar-refractivity contribution in [3.05, 3.63) is 45.7 Å². The Morgan fingerprint density at radius 1 is 1.19 bits per heavy atom. The highest BCUT2D eigenvalue weighted by Gasteiger charge is 2.08. The summed E-state index contributed by atoms with van der Waals surface area (Å²) in [5.41, 5.74) is 3.95. The van der Waals surface area contributed by atoms with Gasteiger partial charge >= 0.3 is 6.01 Å². The van der Waals surface area contributed by atoms with Gasteiger partial charge in [0.25, 0.3) is 0 Å². The lowest BCUT2D eigenvalue weighted by atomic mass is 10.1. The van der Waals surface area contributed by atoms with Crippen LogP contribution in [0.15, 0.2) is 18.3 Å². The Balaban J connectivity index is 2.18. The Morgan fingerprint density at radius 3 is 2.43 bits per heavy atom. The largest absolute Gasteiger partial charge is 0.424 e. The van der Waals surface area contributed by atoms with E-state index >= 15 is 0 Å². The van der Waals surface area contributed by atoms with Crippen molar-refractivity contribution in [2.24, 2.45) is 0 Å². The molecular weight excluding hydrogens is 286 g/mol. The number of aromatic nitrogens is 2. The van der Waals surface area contributed by atoms with Gasteiger partial charge in [-0.2, -0.15) is 4.98 Å². The summed E-state index contributed by atoms with van der Waals surface area (Å²) < 4.78 is 5.73. The summed E-state index contributed by atoms with van der Waals surface area (Å²) in [7, 11) is 0. The minimum atomic E-state index is 0.355. The van der Waals surface area contributed by atoms with E-state index in [-0.39, 0.29) is 0 Å². The number of nitrogens with zero attached hydrogens (tertiary/aromatic N) is 2. The summed E-state index contributed by atoms with van der Waals surface area (Å²) in [5, 5.41) is 4.02. The number of nitrogens with one attached hydrogen (secondary N) is 1. The van der Waals surface area contributed by atoms with Crippen LogP contribution in [-0.2, 0) is 6.54 Å². The summed E-state index contributed by atoms with van der Waals surface area (Å²) >= 11 is 6.15. The van der Waals surface area contributed by atoms with Crippen LogP contribution in [0.25, 0.3) is 0 Å². The van der Waals surface area contributed by atoms with Crippen LogP contribution in [0.1, 0.15) is 29.3 Å². The predicted octanol–water partition coefficient (Wildman–Crippen LogP) is 3.96. The molecular formula is C16H20ClN3O. The molecule has 2 rings (SSSR count). The Bertz CT molecular complexity index is 620. The maximum absolute atomic E-state index is 6.15. The Hall–Kier alpha value is -1.65. The van der Waals surface area contributed by atoms with Crippen LogP contribution < -0.4 is 10.1 Å². The van der Waals surface area contributed by atoms with Crippen LogP contribution in [0.5, 0.6) is 11.8 Å². The van der Waals surface area contributed by atoms with E-state index in [1.165, 1.54) is 0 Å². The zero-order chi connectivity index (χ0) is 15.4. The van der Waals surface area contributed by atoms with Gasteiger partial charge in [-0.3, -0.25) is 0 Å². The van der Waals surface area contributed by atoms with Crippen molar-refractivity contribution in [2.75, 3.05) is 6.54 Å². The van der Waals surface area contributed by atoms with Crippen LogP contribution in [0.3, 0.4) is 0 Å². The normalized spacial score (nSPS) is 10.7. The van der Waals surface area contributed by atoms with Gasteiger partial charge in [-0.15, -0.1) is 0 Å². The number of benzene rings is 1. The minimum absolute atomic E-state index is 0.355. The van der Waals surface area contributed by atoms with E-state index in [0.29, 0.717) is 11.8 Å². The Labute approximate surface area is 130 Å². The van der Waals surface area contributed by atoms with Crippen LogP contribution in [-0.4, -0.2) is 16.5 Å². The zero-order valence-electron chi connectivity index (χ0n) is 12.8. The van der Waals surface area contributed by atoms with Crippen molar-refractivity contribution in [3.8, 4) is 11.8 Å². The molecule has 0 saturated heterocycles. The minimum Gasteiger partial charge on any atom is -0.424 e. The van der Waals surface area contributed by atoms with Gasteiger partial charge in [0.05, 0.1) is 0 Å². The number of hydrogen-bond donors (Lipinski definition) is 1. The highest BCUT2D eigenvalue weighted by molar-refractivity contribution is 6.32. The summed E-state index contributed by atoms with van der Waals surface area (Å²) in [6.07, 6.45) is 1.80. The molecule has 2 aromatic rings. The van der Waals surface area contributed by atoms with E-state index in [4.69, 9.17) is 16.3 Å². The van der Waals surface area contributed by atoms with Gasteiger partial charge in [-0.1, -0.05) is 18.5 Å². The van der Waals surface area contributed by atoms with E-state index in [2.05, 4.69) is 22.2 Å². The van der Waals surface area contributed by atoms with Crippen LogP contribution >= 0.6 is 11.6 Å². The second kappa shape index (κ2) is 6.87. The Kier molecular flexibility index (Phi) is 5.15. The third-order valence-corrected chi connectivity index (χ3v) is 3.84. The molecule has 0 aliphatic rings. The fourth-order valence-electron chi connectivity index (χ4n) is 2.02. The summed E-state index contributed by atoms with van der Waals surface area (Å²) in [6.45, 7) is 9.61. The summed E-state index contributed by atoms with van der Waals surface area (Å²) in [4.78, 5) is 8.66. The first-order valence-electron chi connectivity index (χ1n) is 6.99. The molecule has 0 amide bonds. The van der Waals surface area contributed by atoms with E-state index in [9.17, 15) is 0 Å². The lowest BCUT2D eigenvalue weighted by Gasteiger charge is -2.10. The molecule has 21 heavy (non-hydrogen) atoms. The first-order valence-corrected chi connectivity index (χ1v) is 7.37. The van der Waals surface area contributed by atoms with E-state index < -0.39 is 0 Å². The highest BCUT2D eigenvalue weighted by Crippen LogP contribution is 2.28. The van der Waals surface area contributed by atoms with E-state index in [1.807, 2.05) is 32.9 Å². The molecule has 1 heterocycles. The highest BCUT2D eigenvalue weighted by atomic mass is 35.5. The second-order valence-corrected chi connectivity index (χ2v) is 5.39. The molecule has 0 radical (unpaired) electrons. The van der Waals surface area contributed by atoms with Gasteiger partial charge in [0.1, 0.15) is 5.75 Å². The molecule has 0 spiro atoms. The molecule has 1 aromatic heterocycles. The smallest absolute Gasteiger partial charge is 0.322 e. The quantitative estimate of drug-likeness (QED) is 0.908. The molecule has 0 saturated carbocycles. The van der Waals surface area contributed by atoms with Crippen LogP contribution in [0.4, 0.5) is 0 Å². The topological polar surface area (TPSA) is 47.0 Å². The zero-order valence-corrected chi connectivity index (χ0v) is 13.6. The molecule has 1 aromatic carbocycles. The molecule has 0 bridgehead atoms. The van der Waals surface area contributed by atoms with Gasteiger partial charge < -0.3 is 10.1 Å². The molecule has 0 aliphatic heterocycles. The van der Waals surface area contributed by atoms with Gasteiger partial charge in [0.2, 0.25) is 0 Å². The van der Waals surface area contributed by atoms with Crippen molar-refractivity contribution in [1.82, 2.24) is 15.3 Å². The molecule has 0 atom stereocenters. The molecule has 112 valence electrons. The van der Waals surface area contributed by atoms with Crippen molar-refractivity contribution in [2.45, 2.75) is 34.2 Å². The van der Waals surface area contributed by atoms with Gasteiger partial charge in [0, 0.05) is 29.0 Å². The third-order valence-electron chi connectivity index (χ3n) is 3.24. The van der Waals surface area contributed by atoms with Gasteiger partial charge in [-0.25, -0.2) is 4.98 Å². The Morgan fingerprint density at radius 2 is 1.86 bits per heavy atom. The number of hydrogen-bond acceptors (Lipinski definition) is 4. The summed E-state index contributed by atoms with van der Waals surface area (Å²) in [5.74, 6) is 0.702. The van der Waals surface area contributed by atoms with Crippen LogP contribution in [0, 0.1) is 20.8 Å². The van der Waals surface area contributed by atoms with E-state index in [0.717, 1.165) is 40.5 Å². The monoisotopic (exact) mass is 305 g/mol. The van der Waals surface area contributed by atoms with Crippen molar-refractivity contribution >= 4 is 11.6 Å². The maximum Gasteiger partial charge on any atom is 0.322 e. The van der Waals surface area contributed by atoms with Crippen molar-refractivity contribution < 1.29 is 4.74 Å². The fraction of sp³-hybridized carbons (Fsp3) is 0.375. The first kappa shape index (κ1) is 15.7. The SMILES string of the molecule is CCNCc1cnc(Oc2cc(C)c(Cl)c(C)c2)nc1C.